The second kappa shape index (κ2) is 19.0. The van der Waals surface area contributed by atoms with E-state index in [1.54, 1.807) is 31.2 Å². The van der Waals surface area contributed by atoms with Crippen molar-refractivity contribution in [3.8, 4) is 23.0 Å². The summed E-state index contributed by atoms with van der Waals surface area (Å²) in [6.45, 7) is -5.70. The second-order valence-corrected chi connectivity index (χ2v) is 14.8. The highest BCUT2D eigenvalue weighted by Crippen LogP contribution is 2.49. The number of nitrogens with zero attached hydrogens (tertiary/aromatic N) is 4. The summed E-state index contributed by atoms with van der Waals surface area (Å²) < 4.78 is 135. The minimum atomic E-state index is -3.03. The number of aliphatic imine (C=N–C) groups is 2. The van der Waals surface area contributed by atoms with Gasteiger partial charge in [-0.05, 0) is 108 Å². The van der Waals surface area contributed by atoms with Crippen LogP contribution in [0.15, 0.2) is 88.8 Å². The maximum Gasteiger partial charge on any atom is 0.387 e. The Morgan fingerprint density at radius 1 is 0.672 bits per heavy atom. The molecule has 4 aromatic rings. The van der Waals surface area contributed by atoms with Gasteiger partial charge in [-0.1, -0.05) is 30.3 Å². The first kappa shape index (κ1) is 46.8. The largest absolute Gasteiger partial charge is 0.493 e. The van der Waals surface area contributed by atoms with Crippen LogP contribution in [0.2, 0.25) is 0 Å². The van der Waals surface area contributed by atoms with Gasteiger partial charge in [0.15, 0.2) is 34.6 Å². The van der Waals surface area contributed by atoms with E-state index >= 15 is 0 Å². The molecular weight excluding hydrogens is 867 g/mol. The lowest BCUT2D eigenvalue weighted by Crippen LogP contribution is -2.41. The number of halogens is 9. The van der Waals surface area contributed by atoms with E-state index in [9.17, 15) is 49.1 Å². The number of nitrogens with two attached hydrogens (primary N) is 2. The lowest BCUT2D eigenvalue weighted by atomic mass is 9.81. The number of carbonyl (C=O) groups excluding carboxylic acids is 2. The molecular formula is C43H41F9N6O6. The Labute approximate surface area is 360 Å². The Bertz CT molecular complexity index is 2440. The van der Waals surface area contributed by atoms with Crippen molar-refractivity contribution in [2.45, 2.75) is 69.3 Å². The number of ether oxygens (including phenoxy) is 4. The van der Waals surface area contributed by atoms with Gasteiger partial charge in [-0.25, -0.2) is 31.9 Å². The number of amides is 2. The summed E-state index contributed by atoms with van der Waals surface area (Å²) in [6, 6.07) is 18.3. The Morgan fingerprint density at radius 2 is 1.20 bits per heavy atom. The topological polar surface area (TPSA) is 154 Å². The quantitative estimate of drug-likeness (QED) is 0.109. The van der Waals surface area contributed by atoms with E-state index in [0.29, 0.717) is 22.3 Å². The van der Waals surface area contributed by atoms with Gasteiger partial charge >= 0.3 is 13.2 Å². The van der Waals surface area contributed by atoms with Crippen molar-refractivity contribution in [1.82, 2.24) is 9.80 Å². The number of aryl methyl sites for hydroxylation is 1. The van der Waals surface area contributed by atoms with Crippen molar-refractivity contribution in [3.63, 3.8) is 0 Å². The van der Waals surface area contributed by atoms with E-state index in [4.69, 9.17) is 20.9 Å². The van der Waals surface area contributed by atoms with Gasteiger partial charge in [-0.3, -0.25) is 19.4 Å². The van der Waals surface area contributed by atoms with Gasteiger partial charge in [-0.2, -0.15) is 17.6 Å². The van der Waals surface area contributed by atoms with E-state index in [1.165, 1.54) is 61.5 Å². The van der Waals surface area contributed by atoms with E-state index in [2.05, 4.69) is 19.5 Å². The van der Waals surface area contributed by atoms with Crippen LogP contribution in [-0.4, -0.2) is 86.9 Å². The highest BCUT2D eigenvalue weighted by atomic mass is 19.3. The standard InChI is InChI=1S/C22H20F5N3O3.C21H21F4N3O3/c1-30-19(31)22(29-21(30)28,13-4-6-15(23)17(9-13)32-10-18(24)25)12-5-7-16(33-20(26)27)14(8-12)11-2-3-11;1-12-10-14(6-7-16(12)31-19(24)25)21(18(29)28(2)20(26)27-21)13-4-3-5-15(11-13)30-9-8-17(22)23/h4-9,11,18,20H,2-3,10H2,1H3,(H2,28,29);3-7,10-11,17,19H,8-9H2,1-2H3,(H2,26,27)/t22-;21-/m10/s1. The van der Waals surface area contributed by atoms with Gasteiger partial charge in [0.25, 0.3) is 18.2 Å². The van der Waals surface area contributed by atoms with Gasteiger partial charge in [0.05, 0.1) is 6.61 Å². The van der Waals surface area contributed by atoms with Gasteiger partial charge in [0.1, 0.15) is 23.9 Å². The maximum atomic E-state index is 14.2. The van der Waals surface area contributed by atoms with Crippen molar-refractivity contribution >= 4 is 23.7 Å². The highest BCUT2D eigenvalue weighted by molar-refractivity contribution is 6.09. The third-order valence-corrected chi connectivity index (χ3v) is 10.5. The van der Waals surface area contributed by atoms with Crippen LogP contribution in [0.4, 0.5) is 39.5 Å². The summed E-state index contributed by atoms with van der Waals surface area (Å²) in [7, 11) is 2.86. The van der Waals surface area contributed by atoms with Crippen molar-refractivity contribution in [2.24, 2.45) is 21.5 Å². The van der Waals surface area contributed by atoms with Gasteiger partial charge in [-0.15, -0.1) is 0 Å². The van der Waals surface area contributed by atoms with Crippen LogP contribution >= 0.6 is 0 Å². The smallest absolute Gasteiger partial charge is 0.387 e. The van der Waals surface area contributed by atoms with Crippen LogP contribution in [0.3, 0.4) is 0 Å². The molecule has 7 rings (SSSR count). The first-order valence-electron chi connectivity index (χ1n) is 19.4. The molecule has 3 aliphatic rings. The molecule has 0 aromatic heterocycles. The minimum absolute atomic E-state index is 0.0118. The first-order chi connectivity index (χ1) is 30.3. The summed E-state index contributed by atoms with van der Waals surface area (Å²) >= 11 is 0. The molecule has 2 amide bonds. The maximum absolute atomic E-state index is 14.2. The molecule has 1 aliphatic carbocycles. The Kier molecular flexibility index (Phi) is 13.9. The van der Waals surface area contributed by atoms with E-state index < -0.39 is 73.6 Å². The zero-order valence-electron chi connectivity index (χ0n) is 34.2. The molecule has 4 aromatic carbocycles. The van der Waals surface area contributed by atoms with Crippen molar-refractivity contribution in [1.29, 1.82) is 0 Å². The molecule has 0 radical (unpaired) electrons. The average Bonchev–Trinajstić information content (AvgIpc) is 4.03. The fraction of sp³-hybridized carbons (Fsp3) is 0.349. The van der Waals surface area contributed by atoms with Crippen molar-refractivity contribution < 1.29 is 68.1 Å². The molecule has 2 heterocycles. The summed E-state index contributed by atoms with van der Waals surface area (Å²) in [4.78, 5) is 37.7. The fourth-order valence-corrected chi connectivity index (χ4v) is 7.23. The summed E-state index contributed by atoms with van der Waals surface area (Å²) in [5.74, 6) is -2.37. The van der Waals surface area contributed by atoms with E-state index in [1.807, 2.05) is 0 Å². The summed E-state index contributed by atoms with van der Waals surface area (Å²) in [5, 5.41) is 0. The van der Waals surface area contributed by atoms with Crippen LogP contribution in [0.5, 0.6) is 23.0 Å². The Hall–Kier alpha value is -6.67. The van der Waals surface area contributed by atoms with Crippen LogP contribution in [-0.2, 0) is 20.7 Å². The molecule has 0 spiro atoms. The molecule has 2 aliphatic heterocycles. The lowest BCUT2D eigenvalue weighted by molar-refractivity contribution is -0.130. The summed E-state index contributed by atoms with van der Waals surface area (Å²) in [6.07, 6.45) is -4.25. The fourth-order valence-electron chi connectivity index (χ4n) is 7.23. The number of hydrogen-bond donors (Lipinski definition) is 2. The molecule has 0 saturated heterocycles. The molecule has 64 heavy (non-hydrogen) atoms. The number of alkyl halides is 8. The normalized spacial score (nSPS) is 19.6. The van der Waals surface area contributed by atoms with Crippen LogP contribution in [0, 0.1) is 12.7 Å². The SMILES string of the molecule is CN1C(=O)[C@](c2ccc(F)c(OCC(F)F)c2)(c2ccc(OC(F)F)c(C3CC3)c2)N=C1N.Cc1cc([C@]2(c3cccc(OCCC(F)F)c3)N=C(N)N(C)C2=O)ccc1OC(F)F. The molecule has 2 atom stereocenters. The third-order valence-electron chi connectivity index (χ3n) is 10.5. The number of hydrogen-bond acceptors (Lipinski definition) is 10. The second-order valence-electron chi connectivity index (χ2n) is 14.8. The first-order valence-corrected chi connectivity index (χ1v) is 19.4. The van der Waals surface area contributed by atoms with Crippen LogP contribution in [0.25, 0.3) is 0 Å². The van der Waals surface area contributed by atoms with Gasteiger partial charge < -0.3 is 30.4 Å². The molecule has 21 heteroatoms. The molecule has 342 valence electrons. The molecule has 12 nitrogen and oxygen atoms in total. The van der Waals surface area contributed by atoms with E-state index in [0.717, 1.165) is 29.9 Å². The number of guanidine groups is 2. The zero-order valence-corrected chi connectivity index (χ0v) is 34.2. The predicted molar refractivity (Wildman–Crippen MR) is 214 cm³/mol. The molecule has 0 unspecified atom stereocenters. The number of benzene rings is 4. The van der Waals surface area contributed by atoms with Gasteiger partial charge in [0, 0.05) is 20.5 Å². The number of likely N-dealkylation sites (N-methyl/N-ethyl adjacent to an activating group) is 2. The third kappa shape index (κ3) is 9.62. The summed E-state index contributed by atoms with van der Waals surface area (Å²) in [5.41, 5.74) is 10.5. The molecule has 0 bridgehead atoms. The molecule has 1 fully saturated rings. The highest BCUT2D eigenvalue weighted by Gasteiger charge is 2.51. The lowest BCUT2D eigenvalue weighted by Gasteiger charge is -2.27. The van der Waals surface area contributed by atoms with Crippen LogP contribution in [0.1, 0.15) is 58.6 Å². The molecule has 4 N–H and O–H groups in total. The van der Waals surface area contributed by atoms with Crippen molar-refractivity contribution in [2.75, 3.05) is 27.3 Å². The average molecular weight is 909 g/mol. The minimum Gasteiger partial charge on any atom is -0.493 e. The zero-order chi connectivity index (χ0) is 46.7. The van der Waals surface area contributed by atoms with Crippen LogP contribution < -0.4 is 30.4 Å². The van der Waals surface area contributed by atoms with Crippen molar-refractivity contribution in [3.05, 3.63) is 118 Å². The number of rotatable bonds is 16. The monoisotopic (exact) mass is 908 g/mol. The molecule has 1 saturated carbocycles. The predicted octanol–water partition coefficient (Wildman–Crippen LogP) is 7.64. The van der Waals surface area contributed by atoms with Gasteiger partial charge in [0.2, 0.25) is 6.43 Å². The Morgan fingerprint density at radius 3 is 1.72 bits per heavy atom. The Balaban J connectivity index is 0.000000213. The number of carbonyl (C=O) groups is 2. The van der Waals surface area contributed by atoms with E-state index in [-0.39, 0.29) is 52.8 Å².